The molecular formula is C33H52F3NO15. The highest BCUT2D eigenvalue weighted by Crippen LogP contribution is 2.40. The summed E-state index contributed by atoms with van der Waals surface area (Å²) < 4.78 is 75.7. The van der Waals surface area contributed by atoms with Crippen molar-refractivity contribution in [3.8, 4) is 0 Å². The first-order valence-electron chi connectivity index (χ1n) is 17.8. The third kappa shape index (κ3) is 10.1. The van der Waals surface area contributed by atoms with E-state index in [2.05, 4.69) is 0 Å². The van der Waals surface area contributed by atoms with E-state index in [1.54, 1.807) is 12.2 Å². The number of carbonyl (C=O) groups is 3. The first-order valence-corrected chi connectivity index (χ1v) is 17.8. The second kappa shape index (κ2) is 18.4. The van der Waals surface area contributed by atoms with Gasteiger partial charge in [-0.15, -0.1) is 0 Å². The third-order valence-electron chi connectivity index (χ3n) is 10.7. The van der Waals surface area contributed by atoms with Gasteiger partial charge in [0.1, 0.15) is 42.7 Å². The topological polar surface area (TPSA) is 240 Å². The summed E-state index contributed by atoms with van der Waals surface area (Å²) in [6, 6.07) is -2.02. The average molecular weight is 760 g/mol. The number of aliphatic hydroxyl groups is 5. The molecule has 0 aromatic carbocycles. The highest BCUT2D eigenvalue weighted by atomic mass is 19.4. The van der Waals surface area contributed by atoms with Gasteiger partial charge in [0.2, 0.25) is 0 Å². The lowest BCUT2D eigenvalue weighted by Gasteiger charge is -2.49. The van der Waals surface area contributed by atoms with E-state index >= 15 is 0 Å². The van der Waals surface area contributed by atoms with Gasteiger partial charge in [-0.1, -0.05) is 45.4 Å². The Bertz CT molecular complexity index is 1190. The molecule has 2 aliphatic heterocycles. The number of carboxylic acids is 1. The van der Waals surface area contributed by atoms with Crippen molar-refractivity contribution in [1.29, 1.82) is 0 Å². The van der Waals surface area contributed by atoms with Crippen LogP contribution in [0.5, 0.6) is 0 Å². The number of hydrogen-bond acceptors (Lipinski definition) is 14. The number of esters is 1. The molecule has 2 saturated heterocycles. The molecule has 0 aromatic rings. The van der Waals surface area contributed by atoms with Crippen LogP contribution in [0.3, 0.4) is 0 Å². The van der Waals surface area contributed by atoms with Crippen molar-refractivity contribution >= 4 is 17.8 Å². The van der Waals surface area contributed by atoms with Gasteiger partial charge in [-0.25, -0.2) is 4.79 Å². The summed E-state index contributed by atoms with van der Waals surface area (Å²) in [6.07, 6.45) is -20.0. The quantitative estimate of drug-likeness (QED) is 0.124. The number of alkyl halides is 3. The van der Waals surface area contributed by atoms with Crippen LogP contribution in [0, 0.1) is 17.8 Å². The summed E-state index contributed by atoms with van der Waals surface area (Å²) in [4.78, 5) is 37.6. The smallest absolute Gasteiger partial charge is 0.471 e. The number of methoxy groups -OCH3 is 1. The van der Waals surface area contributed by atoms with Crippen LogP contribution < -0.4 is 5.32 Å². The molecule has 7 N–H and O–H groups in total. The summed E-state index contributed by atoms with van der Waals surface area (Å²) >= 11 is 0. The zero-order valence-corrected chi connectivity index (χ0v) is 29.3. The number of carboxylic acid groups (broad SMARTS) is 1. The first-order chi connectivity index (χ1) is 24.5. The number of ether oxygens (including phenoxy) is 6. The van der Waals surface area contributed by atoms with E-state index in [1.165, 1.54) is 6.92 Å². The molecule has 300 valence electrons. The van der Waals surface area contributed by atoms with E-state index in [-0.39, 0.29) is 25.2 Å². The summed E-state index contributed by atoms with van der Waals surface area (Å²) in [5.74, 6) is -6.07. The molecule has 0 aromatic heterocycles. The molecule has 2 aliphatic carbocycles. The number of aliphatic hydroxyl groups excluding tert-OH is 5. The van der Waals surface area contributed by atoms with Gasteiger partial charge >= 0.3 is 24.0 Å². The maximum atomic E-state index is 13.7. The zero-order chi connectivity index (χ0) is 38.5. The van der Waals surface area contributed by atoms with Crippen molar-refractivity contribution in [2.75, 3.05) is 13.7 Å². The minimum absolute atomic E-state index is 0.0329. The largest absolute Gasteiger partial charge is 0.479 e. The van der Waals surface area contributed by atoms with Crippen LogP contribution in [0.2, 0.25) is 0 Å². The van der Waals surface area contributed by atoms with Gasteiger partial charge in [-0.05, 0) is 38.0 Å². The molecule has 0 radical (unpaired) electrons. The molecule has 4 rings (SSSR count). The molecule has 2 saturated carbocycles. The molecule has 4 aliphatic rings. The molecule has 16 nitrogen and oxygen atoms in total. The van der Waals surface area contributed by atoms with Gasteiger partial charge in [0.25, 0.3) is 0 Å². The molecule has 0 bridgehead atoms. The molecule has 15 atom stereocenters. The summed E-state index contributed by atoms with van der Waals surface area (Å²) in [7, 11) is 1.16. The van der Waals surface area contributed by atoms with E-state index in [4.69, 9.17) is 28.4 Å². The Morgan fingerprint density at radius 1 is 0.904 bits per heavy atom. The average Bonchev–Trinajstić information content (AvgIpc) is 3.11. The van der Waals surface area contributed by atoms with E-state index in [1.807, 2.05) is 0 Å². The fourth-order valence-electron chi connectivity index (χ4n) is 7.72. The van der Waals surface area contributed by atoms with E-state index in [9.17, 15) is 58.2 Å². The molecule has 52 heavy (non-hydrogen) atoms. The predicted molar refractivity (Wildman–Crippen MR) is 168 cm³/mol. The molecule has 4 fully saturated rings. The Balaban J connectivity index is 1.71. The van der Waals surface area contributed by atoms with Crippen LogP contribution in [-0.2, 0) is 42.8 Å². The Morgan fingerprint density at radius 3 is 2.15 bits per heavy atom. The zero-order valence-electron chi connectivity index (χ0n) is 29.3. The SMILES string of the molecule is CCC1CC(C(=O)OC)CC(OC2OC(CO)C(O)C(OC(CC3CCCCC3)C(=O)O)C2NC(=O)C(F)(F)F)C1OC1OC(C)C(O)C(O)C1O. The second-order valence-electron chi connectivity index (χ2n) is 14.2. The van der Waals surface area contributed by atoms with Crippen LogP contribution in [0.1, 0.15) is 71.6 Å². The fourth-order valence-corrected chi connectivity index (χ4v) is 7.72. The standard InChI is InChI=1S/C33H52F3NO15/c1-4-16-11-17(29(45)47-3)12-18(26(16)52-31-25(42)24(41)22(39)14(2)48-31)50-30-21(37-32(46)33(34,35)36)27(23(40)20(13-38)51-30)49-19(28(43)44)10-15-8-6-5-7-9-15/h14-27,30-31,38-42H,4-13H2,1-3H3,(H,37,46)(H,43,44). The van der Waals surface area contributed by atoms with E-state index in [0.717, 1.165) is 26.4 Å². The Labute approximate surface area is 298 Å². The lowest BCUT2D eigenvalue weighted by Crippen LogP contribution is -2.68. The van der Waals surface area contributed by atoms with Crippen molar-refractivity contribution in [2.45, 2.75) is 157 Å². The number of halogens is 3. The molecule has 2 heterocycles. The lowest BCUT2D eigenvalue weighted by molar-refractivity contribution is -0.339. The highest BCUT2D eigenvalue weighted by Gasteiger charge is 2.54. The summed E-state index contributed by atoms with van der Waals surface area (Å²) in [5.41, 5.74) is 0. The van der Waals surface area contributed by atoms with Crippen LogP contribution in [-0.4, -0.2) is 148 Å². The minimum Gasteiger partial charge on any atom is -0.479 e. The molecule has 19 heteroatoms. The molecule has 1 amide bonds. The van der Waals surface area contributed by atoms with Gasteiger partial charge < -0.3 is 64.4 Å². The van der Waals surface area contributed by atoms with Crippen LogP contribution in [0.15, 0.2) is 0 Å². The van der Waals surface area contributed by atoms with Gasteiger partial charge in [-0.2, -0.15) is 13.2 Å². The predicted octanol–water partition coefficient (Wildman–Crippen LogP) is 0.128. The van der Waals surface area contributed by atoms with Crippen molar-refractivity contribution in [3.05, 3.63) is 0 Å². The lowest BCUT2D eigenvalue weighted by atomic mass is 9.76. The van der Waals surface area contributed by atoms with Gasteiger partial charge in [0, 0.05) is 0 Å². The van der Waals surface area contributed by atoms with Crippen molar-refractivity contribution < 1.29 is 86.6 Å². The maximum Gasteiger partial charge on any atom is 0.471 e. The summed E-state index contributed by atoms with van der Waals surface area (Å²) in [6.45, 7) is 2.26. The summed E-state index contributed by atoms with van der Waals surface area (Å²) in [5, 5.41) is 64.5. The Hall–Kier alpha value is -2.20. The number of amides is 1. The monoisotopic (exact) mass is 759 g/mol. The van der Waals surface area contributed by atoms with E-state index in [0.29, 0.717) is 19.3 Å². The van der Waals surface area contributed by atoms with Gasteiger partial charge in [-0.3, -0.25) is 9.59 Å². The Kier molecular flexibility index (Phi) is 15.1. The van der Waals surface area contributed by atoms with Crippen LogP contribution in [0.4, 0.5) is 13.2 Å². The fraction of sp³-hybridized carbons (Fsp3) is 0.909. The number of nitrogens with one attached hydrogen (secondary N) is 1. The number of aliphatic carboxylic acids is 1. The van der Waals surface area contributed by atoms with Crippen LogP contribution >= 0.6 is 0 Å². The highest BCUT2D eigenvalue weighted by molar-refractivity contribution is 5.82. The Morgan fingerprint density at radius 2 is 1.58 bits per heavy atom. The molecule has 15 unspecified atom stereocenters. The van der Waals surface area contributed by atoms with Crippen molar-refractivity contribution in [3.63, 3.8) is 0 Å². The minimum atomic E-state index is -5.45. The molecular weight excluding hydrogens is 707 g/mol. The molecule has 0 spiro atoms. The van der Waals surface area contributed by atoms with Gasteiger partial charge in [0.15, 0.2) is 18.7 Å². The van der Waals surface area contributed by atoms with Crippen molar-refractivity contribution in [1.82, 2.24) is 5.32 Å². The first kappa shape index (κ1) is 42.5. The van der Waals surface area contributed by atoms with Crippen LogP contribution in [0.25, 0.3) is 0 Å². The van der Waals surface area contributed by atoms with Gasteiger partial charge in [0.05, 0.1) is 37.9 Å². The number of hydrogen-bond donors (Lipinski definition) is 7. The third-order valence-corrected chi connectivity index (χ3v) is 10.7. The van der Waals surface area contributed by atoms with Crippen molar-refractivity contribution in [2.24, 2.45) is 17.8 Å². The maximum absolute atomic E-state index is 13.7. The number of carbonyl (C=O) groups excluding carboxylic acids is 2. The second-order valence-corrected chi connectivity index (χ2v) is 14.2. The van der Waals surface area contributed by atoms with E-state index < -0.39 is 122 Å². The number of rotatable bonds is 13. The normalized spacial score (nSPS) is 39.8.